The molecule has 0 aliphatic carbocycles. The Balaban J connectivity index is 1.46. The van der Waals surface area contributed by atoms with E-state index < -0.39 is 0 Å². The highest BCUT2D eigenvalue weighted by Crippen LogP contribution is 2.22. The first kappa shape index (κ1) is 13.6. The number of carbonyl (C=O) groups excluding carboxylic acids is 1. The molecular formula is C14H21N3O3. The van der Waals surface area contributed by atoms with Gasteiger partial charge in [0.05, 0.1) is 18.2 Å². The zero-order chi connectivity index (χ0) is 14.1. The van der Waals surface area contributed by atoms with Gasteiger partial charge in [0.25, 0.3) is 0 Å². The second-order valence-corrected chi connectivity index (χ2v) is 5.83. The highest BCUT2D eigenvalue weighted by molar-refractivity contribution is 5.78. The zero-order valence-corrected chi connectivity index (χ0v) is 11.8. The smallest absolute Gasteiger partial charge is 0.230 e. The highest BCUT2D eigenvalue weighted by Gasteiger charge is 2.33. The van der Waals surface area contributed by atoms with Crippen LogP contribution in [0.15, 0.2) is 10.6 Å². The van der Waals surface area contributed by atoms with Crippen LogP contribution in [0.5, 0.6) is 0 Å². The molecule has 20 heavy (non-hydrogen) atoms. The first-order chi connectivity index (χ1) is 9.61. The van der Waals surface area contributed by atoms with Gasteiger partial charge in [0.15, 0.2) is 0 Å². The van der Waals surface area contributed by atoms with Gasteiger partial charge in [0.2, 0.25) is 5.91 Å². The maximum atomic E-state index is 12.2. The van der Waals surface area contributed by atoms with Gasteiger partial charge in [-0.3, -0.25) is 9.69 Å². The number of aliphatic hydroxyl groups excluding tert-OH is 1. The third-order valence-electron chi connectivity index (χ3n) is 4.23. The molecule has 2 aliphatic heterocycles. The van der Waals surface area contributed by atoms with E-state index in [1.807, 2.05) is 17.9 Å². The van der Waals surface area contributed by atoms with Crippen molar-refractivity contribution in [3.05, 3.63) is 17.5 Å². The number of aryl methyl sites for hydroxylation is 1. The summed E-state index contributed by atoms with van der Waals surface area (Å²) in [4.78, 5) is 16.4. The van der Waals surface area contributed by atoms with Crippen molar-refractivity contribution < 1.29 is 14.4 Å². The van der Waals surface area contributed by atoms with Gasteiger partial charge in [-0.25, -0.2) is 0 Å². The molecule has 3 heterocycles. The third kappa shape index (κ3) is 2.86. The van der Waals surface area contributed by atoms with E-state index in [1.54, 1.807) is 0 Å². The maximum absolute atomic E-state index is 12.2. The van der Waals surface area contributed by atoms with Crippen molar-refractivity contribution in [2.24, 2.45) is 0 Å². The van der Waals surface area contributed by atoms with Crippen LogP contribution >= 0.6 is 0 Å². The molecule has 2 fully saturated rings. The molecule has 2 saturated heterocycles. The minimum atomic E-state index is -0.149. The van der Waals surface area contributed by atoms with Gasteiger partial charge >= 0.3 is 0 Å². The molecule has 0 aromatic carbocycles. The van der Waals surface area contributed by atoms with E-state index >= 15 is 0 Å². The lowest BCUT2D eigenvalue weighted by molar-refractivity contribution is -0.133. The molecule has 0 bridgehead atoms. The van der Waals surface area contributed by atoms with Crippen LogP contribution in [0.1, 0.15) is 24.3 Å². The Morgan fingerprint density at radius 1 is 1.45 bits per heavy atom. The number of rotatable bonds is 3. The zero-order valence-electron chi connectivity index (χ0n) is 11.8. The number of β-amino-alcohol motifs (C(OH)–C–C–N with tert-alkyl or cyclic N) is 1. The Morgan fingerprint density at radius 2 is 2.15 bits per heavy atom. The van der Waals surface area contributed by atoms with Crippen LogP contribution in [0.2, 0.25) is 0 Å². The molecule has 0 radical (unpaired) electrons. The molecule has 3 rings (SSSR count). The molecule has 1 amide bonds. The number of carbonyl (C=O) groups is 1. The van der Waals surface area contributed by atoms with E-state index in [0.29, 0.717) is 18.2 Å². The fraction of sp³-hybridized carbons (Fsp3) is 0.714. The molecule has 6 nitrogen and oxygen atoms in total. The molecule has 1 aromatic heterocycles. The molecule has 6 heteroatoms. The number of hydrogen-bond acceptors (Lipinski definition) is 5. The Labute approximate surface area is 118 Å². The Hall–Kier alpha value is -1.40. The summed E-state index contributed by atoms with van der Waals surface area (Å²) in [5.74, 6) is 0.753. The van der Waals surface area contributed by atoms with Crippen molar-refractivity contribution >= 4 is 5.91 Å². The van der Waals surface area contributed by atoms with Crippen LogP contribution in [-0.2, 0) is 11.2 Å². The third-order valence-corrected chi connectivity index (χ3v) is 4.23. The summed E-state index contributed by atoms with van der Waals surface area (Å²) < 4.78 is 5.09. The average molecular weight is 279 g/mol. The van der Waals surface area contributed by atoms with Crippen molar-refractivity contribution in [2.75, 3.05) is 26.2 Å². The second kappa shape index (κ2) is 5.54. The van der Waals surface area contributed by atoms with Crippen molar-refractivity contribution in [1.29, 1.82) is 0 Å². The van der Waals surface area contributed by atoms with Gasteiger partial charge in [0, 0.05) is 38.3 Å². The first-order valence-electron chi connectivity index (χ1n) is 7.24. The number of piperidine rings is 1. The predicted molar refractivity (Wildman–Crippen MR) is 72.1 cm³/mol. The first-order valence-corrected chi connectivity index (χ1v) is 7.24. The summed E-state index contributed by atoms with van der Waals surface area (Å²) in [6.45, 7) is 5.02. The Kier molecular flexibility index (Phi) is 3.76. The minimum Gasteiger partial charge on any atom is -0.390 e. The van der Waals surface area contributed by atoms with Crippen LogP contribution in [0.25, 0.3) is 0 Å². The van der Waals surface area contributed by atoms with Crippen LogP contribution in [0, 0.1) is 6.92 Å². The number of aromatic nitrogens is 1. The summed E-state index contributed by atoms with van der Waals surface area (Å²) in [6.07, 6.45) is 2.14. The van der Waals surface area contributed by atoms with E-state index in [9.17, 15) is 9.90 Å². The largest absolute Gasteiger partial charge is 0.390 e. The topological polar surface area (TPSA) is 69.8 Å². The Morgan fingerprint density at radius 3 is 2.70 bits per heavy atom. The van der Waals surface area contributed by atoms with Crippen LogP contribution in [0.3, 0.4) is 0 Å². The summed E-state index contributed by atoms with van der Waals surface area (Å²) in [7, 11) is 0. The monoisotopic (exact) mass is 279 g/mol. The van der Waals surface area contributed by atoms with E-state index in [1.165, 1.54) is 0 Å². The minimum absolute atomic E-state index is 0.114. The molecular weight excluding hydrogens is 258 g/mol. The number of amides is 1. The molecule has 0 atom stereocenters. The van der Waals surface area contributed by atoms with E-state index in [-0.39, 0.29) is 12.0 Å². The van der Waals surface area contributed by atoms with Gasteiger partial charge in [0.1, 0.15) is 5.76 Å². The van der Waals surface area contributed by atoms with Crippen molar-refractivity contribution in [1.82, 2.24) is 15.0 Å². The van der Waals surface area contributed by atoms with Gasteiger partial charge < -0.3 is 14.5 Å². The lowest BCUT2D eigenvalue weighted by atomic mass is 9.98. The standard InChI is InChI=1S/C14H21N3O3/c1-10-6-13(20-15-10)7-14(19)16-4-2-11(3-5-16)17-8-12(18)9-17/h6,11-12,18H,2-5,7-9H2,1H3. The molecule has 0 saturated carbocycles. The van der Waals surface area contributed by atoms with Crippen molar-refractivity contribution in [3.63, 3.8) is 0 Å². The Bertz CT molecular complexity index is 474. The average Bonchev–Trinajstić information content (AvgIpc) is 2.81. The number of aliphatic hydroxyl groups is 1. The number of nitrogens with zero attached hydrogens (tertiary/aromatic N) is 3. The van der Waals surface area contributed by atoms with Crippen molar-refractivity contribution in [2.45, 2.75) is 38.3 Å². The molecule has 1 aromatic rings. The van der Waals surface area contributed by atoms with E-state index in [2.05, 4.69) is 10.1 Å². The van der Waals surface area contributed by atoms with Crippen molar-refractivity contribution in [3.8, 4) is 0 Å². The molecule has 1 N–H and O–H groups in total. The second-order valence-electron chi connectivity index (χ2n) is 5.83. The summed E-state index contributed by atoms with van der Waals surface area (Å²) in [5, 5.41) is 13.1. The van der Waals surface area contributed by atoms with E-state index in [4.69, 9.17) is 4.52 Å². The summed E-state index contributed by atoms with van der Waals surface area (Å²) in [5.41, 5.74) is 0.808. The molecule has 110 valence electrons. The molecule has 0 spiro atoms. The fourth-order valence-corrected chi connectivity index (χ4v) is 3.03. The quantitative estimate of drug-likeness (QED) is 0.855. The SMILES string of the molecule is Cc1cc(CC(=O)N2CCC(N3CC(O)C3)CC2)on1. The van der Waals surface area contributed by atoms with Gasteiger partial charge in [-0.2, -0.15) is 0 Å². The number of likely N-dealkylation sites (tertiary alicyclic amines) is 2. The summed E-state index contributed by atoms with van der Waals surface area (Å²) in [6, 6.07) is 2.33. The molecule has 0 unspecified atom stereocenters. The van der Waals surface area contributed by atoms with E-state index in [0.717, 1.165) is 44.7 Å². The van der Waals surface area contributed by atoms with Crippen LogP contribution in [0.4, 0.5) is 0 Å². The lowest BCUT2D eigenvalue weighted by Gasteiger charge is -2.45. The van der Waals surface area contributed by atoms with Crippen LogP contribution < -0.4 is 0 Å². The maximum Gasteiger partial charge on any atom is 0.230 e. The van der Waals surface area contributed by atoms with Gasteiger partial charge in [-0.1, -0.05) is 5.16 Å². The van der Waals surface area contributed by atoms with Crippen LogP contribution in [-0.4, -0.2) is 64.3 Å². The van der Waals surface area contributed by atoms with Gasteiger partial charge in [-0.05, 0) is 19.8 Å². The fourth-order valence-electron chi connectivity index (χ4n) is 3.03. The number of hydrogen-bond donors (Lipinski definition) is 1. The summed E-state index contributed by atoms with van der Waals surface area (Å²) >= 11 is 0. The highest BCUT2D eigenvalue weighted by atomic mass is 16.5. The normalized spacial score (nSPS) is 22.0. The van der Waals surface area contributed by atoms with Gasteiger partial charge in [-0.15, -0.1) is 0 Å². The predicted octanol–water partition coefficient (Wildman–Crippen LogP) is 0.193. The lowest BCUT2D eigenvalue weighted by Crippen LogP contribution is -2.58. The molecule has 2 aliphatic rings.